The number of carbonyl (C=O) groups is 2. The van der Waals surface area contributed by atoms with Gasteiger partial charge in [0, 0.05) is 29.8 Å². The summed E-state index contributed by atoms with van der Waals surface area (Å²) in [5, 5.41) is 3.60. The number of amides is 2. The molecule has 0 aliphatic heterocycles. The van der Waals surface area contributed by atoms with Crippen molar-refractivity contribution in [2.75, 3.05) is 5.75 Å². The van der Waals surface area contributed by atoms with Gasteiger partial charge in [-0.15, -0.1) is 11.8 Å². The van der Waals surface area contributed by atoms with E-state index in [4.69, 9.17) is 11.6 Å². The SMILES string of the molecule is CC(C)NC(=O)C(Cc1ccccc1)N(Cc1ccc(Cl)cc1)C(=O)CSCc1ccc(F)cc1. The van der Waals surface area contributed by atoms with E-state index in [1.165, 1.54) is 23.9 Å². The Kier molecular flexibility index (Phi) is 10.2. The molecule has 0 radical (unpaired) electrons. The second-order valence-electron chi connectivity index (χ2n) is 8.64. The number of thioether (sulfide) groups is 1. The van der Waals surface area contributed by atoms with E-state index < -0.39 is 6.04 Å². The fraction of sp³-hybridized carbons (Fsp3) is 0.286. The number of hydrogen-bond donors (Lipinski definition) is 1. The first-order valence-corrected chi connectivity index (χ1v) is 13.1. The number of carbonyl (C=O) groups excluding carboxylic acids is 2. The van der Waals surface area contributed by atoms with Crippen molar-refractivity contribution >= 4 is 35.2 Å². The van der Waals surface area contributed by atoms with Gasteiger partial charge in [0.25, 0.3) is 0 Å². The molecule has 3 aromatic rings. The first-order chi connectivity index (χ1) is 16.8. The summed E-state index contributed by atoms with van der Waals surface area (Å²) >= 11 is 7.50. The highest BCUT2D eigenvalue weighted by atomic mass is 35.5. The Morgan fingerprint density at radius 3 is 2.17 bits per heavy atom. The van der Waals surface area contributed by atoms with Crippen LogP contribution in [0.3, 0.4) is 0 Å². The lowest BCUT2D eigenvalue weighted by molar-refractivity contribution is -0.139. The van der Waals surface area contributed by atoms with Crippen LogP contribution < -0.4 is 5.32 Å². The van der Waals surface area contributed by atoms with E-state index in [0.29, 0.717) is 17.2 Å². The van der Waals surface area contributed by atoms with Crippen molar-refractivity contribution in [3.05, 3.63) is 106 Å². The third kappa shape index (κ3) is 8.71. The van der Waals surface area contributed by atoms with E-state index in [0.717, 1.165) is 16.7 Å². The molecular formula is C28H30ClFN2O2S. The Bertz CT molecular complexity index is 1090. The molecule has 0 aliphatic rings. The van der Waals surface area contributed by atoms with Gasteiger partial charge >= 0.3 is 0 Å². The molecular weight excluding hydrogens is 483 g/mol. The van der Waals surface area contributed by atoms with Crippen molar-refractivity contribution in [2.24, 2.45) is 0 Å². The molecule has 1 atom stereocenters. The van der Waals surface area contributed by atoms with Crippen molar-refractivity contribution in [1.82, 2.24) is 10.2 Å². The summed E-state index contributed by atoms with van der Waals surface area (Å²) in [5.41, 5.74) is 2.80. The topological polar surface area (TPSA) is 49.4 Å². The zero-order chi connectivity index (χ0) is 25.2. The zero-order valence-corrected chi connectivity index (χ0v) is 21.5. The summed E-state index contributed by atoms with van der Waals surface area (Å²) in [6, 6.07) is 22.5. The molecule has 35 heavy (non-hydrogen) atoms. The number of halogens is 2. The van der Waals surface area contributed by atoms with Gasteiger partial charge in [0.05, 0.1) is 5.75 Å². The number of nitrogens with zero attached hydrogens (tertiary/aromatic N) is 1. The molecule has 0 saturated heterocycles. The molecule has 3 rings (SSSR count). The Morgan fingerprint density at radius 2 is 1.54 bits per heavy atom. The van der Waals surface area contributed by atoms with Gasteiger partial charge in [0.1, 0.15) is 11.9 Å². The van der Waals surface area contributed by atoms with Crippen LogP contribution in [0.25, 0.3) is 0 Å². The van der Waals surface area contributed by atoms with Gasteiger partial charge in [-0.2, -0.15) is 0 Å². The fourth-order valence-corrected chi connectivity index (χ4v) is 4.64. The Hall–Kier alpha value is -2.83. The zero-order valence-electron chi connectivity index (χ0n) is 19.9. The standard InChI is InChI=1S/C28H30ClFN2O2S/c1-20(2)31-28(34)26(16-21-6-4-3-5-7-21)32(17-22-8-12-24(29)13-9-22)27(33)19-35-18-23-10-14-25(30)15-11-23/h3-15,20,26H,16-19H2,1-2H3,(H,31,34). The highest BCUT2D eigenvalue weighted by molar-refractivity contribution is 7.99. The quantitative estimate of drug-likeness (QED) is 0.349. The molecule has 0 heterocycles. The van der Waals surface area contributed by atoms with Crippen molar-refractivity contribution in [3.8, 4) is 0 Å². The van der Waals surface area contributed by atoms with Crippen molar-refractivity contribution in [2.45, 2.75) is 44.6 Å². The summed E-state index contributed by atoms with van der Waals surface area (Å²) in [7, 11) is 0. The molecule has 0 aromatic heterocycles. The van der Waals surface area contributed by atoms with E-state index in [1.54, 1.807) is 29.2 Å². The minimum atomic E-state index is -0.672. The molecule has 0 aliphatic carbocycles. The molecule has 184 valence electrons. The van der Waals surface area contributed by atoms with Gasteiger partial charge in [-0.25, -0.2) is 4.39 Å². The fourth-order valence-electron chi connectivity index (χ4n) is 3.64. The molecule has 1 N–H and O–H groups in total. The van der Waals surface area contributed by atoms with E-state index in [9.17, 15) is 14.0 Å². The lowest BCUT2D eigenvalue weighted by atomic mass is 10.0. The molecule has 1 unspecified atom stereocenters. The minimum Gasteiger partial charge on any atom is -0.352 e. The number of hydrogen-bond acceptors (Lipinski definition) is 3. The van der Waals surface area contributed by atoms with Gasteiger partial charge < -0.3 is 10.2 Å². The molecule has 0 saturated carbocycles. The molecule has 2 amide bonds. The summed E-state index contributed by atoms with van der Waals surface area (Å²) in [6.07, 6.45) is 0.404. The van der Waals surface area contributed by atoms with Gasteiger partial charge in [-0.1, -0.05) is 66.2 Å². The minimum absolute atomic E-state index is 0.0545. The summed E-state index contributed by atoms with van der Waals surface area (Å²) < 4.78 is 13.2. The summed E-state index contributed by atoms with van der Waals surface area (Å²) in [6.45, 7) is 4.10. The monoisotopic (exact) mass is 512 g/mol. The highest BCUT2D eigenvalue weighted by Crippen LogP contribution is 2.20. The van der Waals surface area contributed by atoms with Gasteiger partial charge in [-0.3, -0.25) is 9.59 Å². The first kappa shape index (κ1) is 26.8. The molecule has 0 bridgehead atoms. The third-order valence-corrected chi connectivity index (χ3v) is 6.62. The molecule has 3 aromatic carbocycles. The maximum absolute atomic E-state index is 13.5. The van der Waals surface area contributed by atoms with Crippen LogP contribution in [0, 0.1) is 5.82 Å². The lowest BCUT2D eigenvalue weighted by Gasteiger charge is -2.32. The summed E-state index contributed by atoms with van der Waals surface area (Å²) in [5.74, 6) is 0.165. The lowest BCUT2D eigenvalue weighted by Crippen LogP contribution is -2.52. The summed E-state index contributed by atoms with van der Waals surface area (Å²) in [4.78, 5) is 28.5. The highest BCUT2D eigenvalue weighted by Gasteiger charge is 2.30. The molecule has 0 spiro atoms. The van der Waals surface area contributed by atoms with Crippen LogP contribution in [0.4, 0.5) is 4.39 Å². The van der Waals surface area contributed by atoms with Crippen molar-refractivity contribution in [3.63, 3.8) is 0 Å². The molecule has 7 heteroatoms. The predicted octanol–water partition coefficient (Wildman–Crippen LogP) is 5.88. The van der Waals surface area contributed by atoms with Crippen LogP contribution in [0.1, 0.15) is 30.5 Å². The van der Waals surface area contributed by atoms with Gasteiger partial charge in [0.2, 0.25) is 11.8 Å². The smallest absolute Gasteiger partial charge is 0.243 e. The number of rotatable bonds is 11. The average molecular weight is 513 g/mol. The van der Waals surface area contributed by atoms with E-state index in [-0.39, 0.29) is 36.0 Å². The maximum atomic E-state index is 13.5. The maximum Gasteiger partial charge on any atom is 0.243 e. The van der Waals surface area contributed by atoms with Crippen LogP contribution >= 0.6 is 23.4 Å². The Balaban J connectivity index is 1.83. The van der Waals surface area contributed by atoms with Crippen molar-refractivity contribution < 1.29 is 14.0 Å². The number of nitrogens with one attached hydrogen (secondary N) is 1. The van der Waals surface area contributed by atoms with Crippen LogP contribution in [0.2, 0.25) is 5.02 Å². The molecule has 4 nitrogen and oxygen atoms in total. The third-order valence-electron chi connectivity index (χ3n) is 5.38. The van der Waals surface area contributed by atoms with Gasteiger partial charge in [-0.05, 0) is 54.8 Å². The largest absolute Gasteiger partial charge is 0.352 e. The predicted molar refractivity (Wildman–Crippen MR) is 142 cm³/mol. The van der Waals surface area contributed by atoms with E-state index in [1.807, 2.05) is 56.3 Å². The second-order valence-corrected chi connectivity index (χ2v) is 10.1. The van der Waals surface area contributed by atoms with E-state index >= 15 is 0 Å². The van der Waals surface area contributed by atoms with Crippen LogP contribution in [-0.4, -0.2) is 34.6 Å². The Morgan fingerprint density at radius 1 is 0.914 bits per heavy atom. The Labute approximate surface area is 215 Å². The normalized spacial score (nSPS) is 11.8. The van der Waals surface area contributed by atoms with Crippen molar-refractivity contribution in [1.29, 1.82) is 0 Å². The van der Waals surface area contributed by atoms with Crippen LogP contribution in [-0.2, 0) is 28.3 Å². The van der Waals surface area contributed by atoms with Crippen LogP contribution in [0.5, 0.6) is 0 Å². The van der Waals surface area contributed by atoms with E-state index in [2.05, 4.69) is 5.32 Å². The molecule has 0 fully saturated rings. The first-order valence-electron chi connectivity index (χ1n) is 11.5. The van der Waals surface area contributed by atoms with Crippen LogP contribution in [0.15, 0.2) is 78.9 Å². The average Bonchev–Trinajstić information content (AvgIpc) is 2.84. The van der Waals surface area contributed by atoms with Gasteiger partial charge in [0.15, 0.2) is 0 Å². The number of benzene rings is 3. The second kappa shape index (κ2) is 13.3.